The van der Waals surface area contributed by atoms with Gasteiger partial charge in [0.1, 0.15) is 0 Å². The summed E-state index contributed by atoms with van der Waals surface area (Å²) in [6.45, 7) is 16.4. The second-order valence-electron chi connectivity index (χ2n) is 5.51. The quantitative estimate of drug-likeness (QED) is 0.719. The summed E-state index contributed by atoms with van der Waals surface area (Å²) in [7, 11) is 0. The number of hydrogen-bond donors (Lipinski definition) is 1. The molecule has 1 N–H and O–H groups in total. The van der Waals surface area contributed by atoms with Crippen molar-refractivity contribution in [3.05, 3.63) is 36.5 Å². The number of aliphatic hydroxyl groups is 1. The van der Waals surface area contributed by atoms with Crippen molar-refractivity contribution < 1.29 is 5.11 Å². The van der Waals surface area contributed by atoms with Gasteiger partial charge < -0.3 is 5.11 Å². The first-order valence-electron chi connectivity index (χ1n) is 6.00. The van der Waals surface area contributed by atoms with Crippen LogP contribution in [0.3, 0.4) is 0 Å². The smallest absolute Gasteiger partial charge is 0.0674 e. The fourth-order valence-electron chi connectivity index (χ4n) is 2.48. The molecule has 0 aromatic heterocycles. The molecule has 0 saturated heterocycles. The summed E-state index contributed by atoms with van der Waals surface area (Å²) in [6, 6.07) is 0. The number of aliphatic hydroxyl groups excluding tert-OH is 1. The predicted molar refractivity (Wildman–Crippen MR) is 70.2 cm³/mol. The number of allylic oxidation sites excluding steroid dienone is 2. The minimum absolute atomic E-state index is 0.200. The highest BCUT2D eigenvalue weighted by Gasteiger charge is 2.41. The maximum absolute atomic E-state index is 10.3. The monoisotopic (exact) mass is 220 g/mol. The third-order valence-electron chi connectivity index (χ3n) is 3.91. The van der Waals surface area contributed by atoms with Gasteiger partial charge in [0, 0.05) is 11.3 Å². The molecule has 3 unspecified atom stereocenters. The molecule has 90 valence electrons. The molecule has 0 heterocycles. The first-order valence-corrected chi connectivity index (χ1v) is 6.00. The zero-order chi connectivity index (χ0) is 12.5. The van der Waals surface area contributed by atoms with Crippen molar-refractivity contribution >= 4 is 0 Å². The van der Waals surface area contributed by atoms with Gasteiger partial charge in [-0.15, -0.1) is 6.58 Å². The summed E-state index contributed by atoms with van der Waals surface area (Å²) in [6.07, 6.45) is 4.56. The third kappa shape index (κ3) is 2.15. The van der Waals surface area contributed by atoms with Crippen molar-refractivity contribution in [2.75, 3.05) is 0 Å². The highest BCUT2D eigenvalue weighted by atomic mass is 16.3. The van der Waals surface area contributed by atoms with Crippen LogP contribution in [0.15, 0.2) is 36.5 Å². The molecule has 3 atom stereocenters. The zero-order valence-electron chi connectivity index (χ0n) is 11.0. The van der Waals surface area contributed by atoms with Gasteiger partial charge in [0.2, 0.25) is 0 Å². The van der Waals surface area contributed by atoms with Crippen LogP contribution in [-0.2, 0) is 0 Å². The Kier molecular flexibility index (Phi) is 3.80. The van der Waals surface area contributed by atoms with Crippen LogP contribution >= 0.6 is 0 Å². The largest absolute Gasteiger partial charge is 0.392 e. The zero-order valence-corrected chi connectivity index (χ0v) is 11.0. The van der Waals surface area contributed by atoms with E-state index >= 15 is 0 Å². The van der Waals surface area contributed by atoms with Gasteiger partial charge in [0.15, 0.2) is 0 Å². The Hall–Kier alpha value is -0.820. The van der Waals surface area contributed by atoms with Crippen molar-refractivity contribution in [2.24, 2.45) is 17.3 Å². The lowest BCUT2D eigenvalue weighted by atomic mass is 9.64. The molecule has 1 nitrogen and oxygen atoms in total. The molecule has 0 spiro atoms. The second-order valence-corrected chi connectivity index (χ2v) is 5.51. The van der Waals surface area contributed by atoms with E-state index in [4.69, 9.17) is 0 Å². The molecule has 0 aromatic carbocycles. The van der Waals surface area contributed by atoms with Gasteiger partial charge in [-0.2, -0.15) is 0 Å². The molecule has 1 heteroatoms. The Labute approximate surface area is 99.6 Å². The highest BCUT2D eigenvalue weighted by molar-refractivity contribution is 5.27. The molecule has 0 radical (unpaired) electrons. The van der Waals surface area contributed by atoms with E-state index in [1.807, 2.05) is 13.0 Å². The third-order valence-corrected chi connectivity index (χ3v) is 3.91. The molecule has 0 saturated carbocycles. The van der Waals surface area contributed by atoms with Crippen LogP contribution in [0, 0.1) is 17.3 Å². The topological polar surface area (TPSA) is 20.2 Å². The minimum Gasteiger partial charge on any atom is -0.392 e. The van der Waals surface area contributed by atoms with Gasteiger partial charge in [-0.25, -0.2) is 0 Å². The Balaban J connectivity index is 3.18. The molecule has 0 amide bonds. The first kappa shape index (κ1) is 13.2. The van der Waals surface area contributed by atoms with Crippen LogP contribution in [0.1, 0.15) is 34.1 Å². The van der Waals surface area contributed by atoms with Crippen molar-refractivity contribution in [3.8, 4) is 0 Å². The summed E-state index contributed by atoms with van der Waals surface area (Å²) in [5.74, 6) is 0.692. The van der Waals surface area contributed by atoms with Gasteiger partial charge in [-0.3, -0.25) is 0 Å². The lowest BCUT2D eigenvalue weighted by molar-refractivity contribution is 0.0412. The molecule has 1 aliphatic carbocycles. The van der Waals surface area contributed by atoms with Crippen LogP contribution in [0.2, 0.25) is 0 Å². The van der Waals surface area contributed by atoms with E-state index < -0.39 is 0 Å². The Bertz CT molecular complexity index is 324. The van der Waals surface area contributed by atoms with E-state index in [9.17, 15) is 5.11 Å². The van der Waals surface area contributed by atoms with Crippen LogP contribution in [-0.4, -0.2) is 11.2 Å². The Morgan fingerprint density at radius 1 is 1.62 bits per heavy atom. The fourth-order valence-corrected chi connectivity index (χ4v) is 2.48. The van der Waals surface area contributed by atoms with E-state index in [1.54, 1.807) is 0 Å². The van der Waals surface area contributed by atoms with E-state index in [0.717, 1.165) is 12.0 Å². The summed E-state index contributed by atoms with van der Waals surface area (Å²) >= 11 is 0. The normalized spacial score (nSPS) is 34.8. The summed E-state index contributed by atoms with van der Waals surface area (Å²) in [4.78, 5) is 0. The number of hydrogen-bond acceptors (Lipinski definition) is 1. The second kappa shape index (κ2) is 4.58. The molecule has 1 aliphatic rings. The highest BCUT2D eigenvalue weighted by Crippen LogP contribution is 2.45. The molecule has 16 heavy (non-hydrogen) atoms. The lowest BCUT2D eigenvalue weighted by Crippen LogP contribution is -2.41. The van der Waals surface area contributed by atoms with E-state index in [2.05, 4.69) is 40.0 Å². The minimum atomic E-state index is -0.353. The average molecular weight is 220 g/mol. The van der Waals surface area contributed by atoms with Crippen molar-refractivity contribution in [3.63, 3.8) is 0 Å². The van der Waals surface area contributed by atoms with E-state index in [1.165, 1.54) is 5.57 Å². The molecule has 0 aliphatic heterocycles. The standard InChI is InChI=1S/C15H24O/c1-7-15(6)13(11(4)5)8-12(10(2)3)9-14(15)16/h7-8,10,13-14,16H,1,4,9H2,2-3,5-6H3. The molecular weight excluding hydrogens is 196 g/mol. The van der Waals surface area contributed by atoms with Crippen LogP contribution in [0.25, 0.3) is 0 Å². The average Bonchev–Trinajstić information content (AvgIpc) is 2.20. The van der Waals surface area contributed by atoms with Gasteiger partial charge in [0.25, 0.3) is 0 Å². The van der Waals surface area contributed by atoms with Gasteiger partial charge in [0.05, 0.1) is 6.10 Å². The molecule has 0 aromatic rings. The summed E-state index contributed by atoms with van der Waals surface area (Å²) in [5, 5.41) is 10.3. The van der Waals surface area contributed by atoms with Crippen LogP contribution in [0.5, 0.6) is 0 Å². The van der Waals surface area contributed by atoms with Gasteiger partial charge >= 0.3 is 0 Å². The first-order chi connectivity index (χ1) is 7.32. The Morgan fingerprint density at radius 3 is 2.56 bits per heavy atom. The van der Waals surface area contributed by atoms with Crippen LogP contribution < -0.4 is 0 Å². The molecule has 1 rings (SSSR count). The van der Waals surface area contributed by atoms with Crippen molar-refractivity contribution in [1.82, 2.24) is 0 Å². The number of rotatable bonds is 3. The SMILES string of the molecule is C=CC1(C)C(O)CC(C(C)C)=CC1C(=C)C. The van der Waals surface area contributed by atoms with Crippen molar-refractivity contribution in [2.45, 2.75) is 40.2 Å². The molecule has 0 fully saturated rings. The summed E-state index contributed by atoms with van der Waals surface area (Å²) in [5.41, 5.74) is 2.16. The van der Waals surface area contributed by atoms with Gasteiger partial charge in [-0.1, -0.05) is 50.6 Å². The maximum atomic E-state index is 10.3. The van der Waals surface area contributed by atoms with Crippen molar-refractivity contribution in [1.29, 1.82) is 0 Å². The predicted octanol–water partition coefficient (Wildman–Crippen LogP) is 3.72. The lowest BCUT2D eigenvalue weighted by Gasteiger charge is -2.43. The summed E-state index contributed by atoms with van der Waals surface area (Å²) < 4.78 is 0. The van der Waals surface area contributed by atoms with Crippen LogP contribution in [0.4, 0.5) is 0 Å². The fraction of sp³-hybridized carbons (Fsp3) is 0.600. The molecule has 0 bridgehead atoms. The molecular formula is C15H24O. The van der Waals surface area contributed by atoms with Gasteiger partial charge in [-0.05, 0) is 19.3 Å². The van der Waals surface area contributed by atoms with E-state index in [-0.39, 0.29) is 17.4 Å². The maximum Gasteiger partial charge on any atom is 0.0674 e. The Morgan fingerprint density at radius 2 is 2.19 bits per heavy atom. The van der Waals surface area contributed by atoms with E-state index in [0.29, 0.717) is 5.92 Å².